The Morgan fingerprint density at radius 1 is 0.643 bits per heavy atom. The van der Waals surface area contributed by atoms with Crippen molar-refractivity contribution in [1.82, 2.24) is 4.57 Å². The Hall–Kier alpha value is -1.59. The first kappa shape index (κ1) is 18.4. The van der Waals surface area contributed by atoms with Crippen molar-refractivity contribution in [2.45, 2.75) is 75.5 Å². The lowest BCUT2D eigenvalue weighted by atomic mass is 9.99. The summed E-state index contributed by atoms with van der Waals surface area (Å²) in [6.07, 6.45) is 14.5. The quantitative estimate of drug-likeness (QED) is 0.410. The zero-order valence-corrected chi connectivity index (χ0v) is 17.8. The lowest BCUT2D eigenvalue weighted by Gasteiger charge is -2.39. The fourth-order valence-corrected chi connectivity index (χ4v) is 9.50. The molecular weight excluding hydrogens is 357 g/mol. The zero-order chi connectivity index (χ0) is 18.8. The second-order valence-electron chi connectivity index (χ2n) is 8.72. The third-order valence-corrected chi connectivity index (χ3v) is 10.4. The minimum atomic E-state index is -0.120. The molecule has 2 aliphatic rings. The maximum atomic E-state index is 2.63. The summed E-state index contributed by atoms with van der Waals surface area (Å²) >= 11 is 0. The Morgan fingerprint density at radius 3 is 1.86 bits per heavy atom. The van der Waals surface area contributed by atoms with E-state index in [9.17, 15) is 0 Å². The smallest absolute Gasteiger partial charge is 0.0535 e. The summed E-state index contributed by atoms with van der Waals surface area (Å²) in [5.74, 6) is 0. The van der Waals surface area contributed by atoms with Crippen LogP contribution in [0.15, 0.2) is 60.7 Å². The second-order valence-corrected chi connectivity index (χ2v) is 11.5. The normalized spacial score (nSPS) is 19.5. The molecule has 1 aromatic heterocycles. The van der Waals surface area contributed by atoms with E-state index in [-0.39, 0.29) is 7.92 Å². The first-order valence-corrected chi connectivity index (χ1v) is 12.8. The van der Waals surface area contributed by atoms with Crippen molar-refractivity contribution in [3.8, 4) is 5.69 Å². The van der Waals surface area contributed by atoms with Crippen LogP contribution in [0, 0.1) is 0 Å². The average Bonchev–Trinajstić information content (AvgIpc) is 3.15. The molecule has 0 saturated heterocycles. The number of para-hydroxylation sites is 2. The molecule has 0 N–H and O–H groups in total. The van der Waals surface area contributed by atoms with Crippen molar-refractivity contribution >= 4 is 24.3 Å². The fourth-order valence-electron chi connectivity index (χ4n) is 5.57. The van der Waals surface area contributed by atoms with Crippen molar-refractivity contribution in [2.24, 2.45) is 0 Å². The molecule has 2 aliphatic carbocycles. The Morgan fingerprint density at radius 2 is 1.21 bits per heavy atom. The van der Waals surface area contributed by atoms with Crippen LogP contribution in [0.1, 0.15) is 64.2 Å². The molecule has 0 bridgehead atoms. The molecule has 2 aromatic carbocycles. The first-order valence-electron chi connectivity index (χ1n) is 11.4. The predicted octanol–water partition coefficient (Wildman–Crippen LogP) is 7.40. The van der Waals surface area contributed by atoms with Crippen molar-refractivity contribution in [1.29, 1.82) is 0 Å². The summed E-state index contributed by atoms with van der Waals surface area (Å²) in [5, 5.41) is 1.42. The lowest BCUT2D eigenvalue weighted by Crippen LogP contribution is -2.29. The largest absolute Gasteiger partial charge is 0.310 e. The van der Waals surface area contributed by atoms with E-state index in [0.29, 0.717) is 0 Å². The molecule has 2 saturated carbocycles. The molecule has 0 amide bonds. The van der Waals surface area contributed by atoms with Crippen molar-refractivity contribution < 1.29 is 0 Å². The van der Waals surface area contributed by atoms with Gasteiger partial charge >= 0.3 is 0 Å². The highest BCUT2D eigenvalue weighted by atomic mass is 31.1. The Kier molecular flexibility index (Phi) is 5.54. The van der Waals surface area contributed by atoms with E-state index in [4.69, 9.17) is 0 Å². The van der Waals surface area contributed by atoms with Gasteiger partial charge in [-0.3, -0.25) is 0 Å². The standard InChI is InChI=1S/C26H32NP/c1-4-13-22(14-5-1)27-25-19-11-10-12-21(25)20-26(27)28(23-15-6-2-7-16-23)24-17-8-3-9-18-24/h1,4-5,10-14,19-20,23-24H,2-3,6-9,15-18H2. The number of hydrogen-bond donors (Lipinski definition) is 0. The van der Waals surface area contributed by atoms with E-state index >= 15 is 0 Å². The van der Waals surface area contributed by atoms with Gasteiger partial charge in [-0.25, -0.2) is 0 Å². The molecule has 0 spiro atoms. The third kappa shape index (κ3) is 3.55. The van der Waals surface area contributed by atoms with Crippen LogP contribution in [0.4, 0.5) is 0 Å². The maximum Gasteiger partial charge on any atom is 0.0535 e. The molecule has 2 fully saturated rings. The van der Waals surface area contributed by atoms with E-state index < -0.39 is 0 Å². The number of rotatable bonds is 4. The van der Waals surface area contributed by atoms with Crippen molar-refractivity contribution in [3.63, 3.8) is 0 Å². The number of hydrogen-bond acceptors (Lipinski definition) is 0. The Bertz CT molecular complexity index is 883. The molecule has 5 rings (SSSR count). The summed E-state index contributed by atoms with van der Waals surface area (Å²) in [7, 11) is -0.120. The van der Waals surface area contributed by atoms with Crippen LogP contribution in [0.2, 0.25) is 0 Å². The summed E-state index contributed by atoms with van der Waals surface area (Å²) in [5.41, 5.74) is 6.25. The van der Waals surface area contributed by atoms with E-state index in [1.54, 1.807) is 5.44 Å². The van der Waals surface area contributed by atoms with Gasteiger partial charge < -0.3 is 4.57 Å². The predicted molar refractivity (Wildman–Crippen MR) is 124 cm³/mol. The molecule has 0 atom stereocenters. The summed E-state index contributed by atoms with van der Waals surface area (Å²) in [4.78, 5) is 0. The van der Waals surface area contributed by atoms with E-state index in [1.807, 2.05) is 0 Å². The van der Waals surface area contributed by atoms with Gasteiger partial charge in [0.2, 0.25) is 0 Å². The topological polar surface area (TPSA) is 4.93 Å². The molecule has 3 aromatic rings. The number of nitrogens with zero attached hydrogens (tertiary/aromatic N) is 1. The van der Waals surface area contributed by atoms with Gasteiger partial charge in [0, 0.05) is 16.5 Å². The number of aromatic nitrogens is 1. The molecule has 0 radical (unpaired) electrons. The highest BCUT2D eigenvalue weighted by Crippen LogP contribution is 2.55. The molecule has 1 nitrogen and oxygen atoms in total. The molecule has 1 heterocycles. The minimum Gasteiger partial charge on any atom is -0.310 e. The third-order valence-electron chi connectivity index (χ3n) is 6.91. The van der Waals surface area contributed by atoms with Crippen LogP contribution < -0.4 is 5.44 Å². The second kappa shape index (κ2) is 8.42. The Labute approximate surface area is 170 Å². The number of benzene rings is 2. The summed E-state index contributed by atoms with van der Waals surface area (Å²) < 4.78 is 2.63. The van der Waals surface area contributed by atoms with Gasteiger partial charge in [0.1, 0.15) is 0 Å². The van der Waals surface area contributed by atoms with Crippen LogP contribution in [-0.2, 0) is 0 Å². The minimum absolute atomic E-state index is 0.120. The molecule has 2 heteroatoms. The van der Waals surface area contributed by atoms with Crippen LogP contribution in [0.25, 0.3) is 16.6 Å². The van der Waals surface area contributed by atoms with E-state index in [1.165, 1.54) is 80.8 Å². The van der Waals surface area contributed by atoms with Gasteiger partial charge in [-0.1, -0.05) is 82.8 Å². The van der Waals surface area contributed by atoms with Crippen LogP contribution in [0.3, 0.4) is 0 Å². The van der Waals surface area contributed by atoms with Gasteiger partial charge in [-0.05, 0) is 61.3 Å². The molecule has 0 unspecified atom stereocenters. The average molecular weight is 390 g/mol. The van der Waals surface area contributed by atoms with Gasteiger partial charge in [0.15, 0.2) is 0 Å². The van der Waals surface area contributed by atoms with Crippen LogP contribution in [-0.4, -0.2) is 15.9 Å². The SMILES string of the molecule is c1ccc(-n2c(P(C3CCCCC3)C3CCCCC3)cc3ccccc32)cc1. The molecule has 28 heavy (non-hydrogen) atoms. The maximum absolute atomic E-state index is 2.63. The van der Waals surface area contributed by atoms with Crippen molar-refractivity contribution in [2.75, 3.05) is 0 Å². The summed E-state index contributed by atoms with van der Waals surface area (Å²) in [6, 6.07) is 22.7. The number of fused-ring (bicyclic) bond motifs is 1. The van der Waals surface area contributed by atoms with Crippen LogP contribution >= 0.6 is 7.92 Å². The van der Waals surface area contributed by atoms with E-state index in [0.717, 1.165) is 11.3 Å². The highest BCUT2D eigenvalue weighted by Gasteiger charge is 2.34. The summed E-state index contributed by atoms with van der Waals surface area (Å²) in [6.45, 7) is 0. The highest BCUT2D eigenvalue weighted by molar-refractivity contribution is 7.66. The Balaban J connectivity index is 1.67. The molecule has 146 valence electrons. The van der Waals surface area contributed by atoms with Crippen molar-refractivity contribution in [3.05, 3.63) is 60.7 Å². The zero-order valence-electron chi connectivity index (χ0n) is 16.9. The van der Waals surface area contributed by atoms with Crippen LogP contribution in [0.5, 0.6) is 0 Å². The fraction of sp³-hybridized carbons (Fsp3) is 0.462. The monoisotopic (exact) mass is 389 g/mol. The van der Waals surface area contributed by atoms with Gasteiger partial charge in [0.25, 0.3) is 0 Å². The molecule has 0 aliphatic heterocycles. The molecular formula is C26H32NP. The lowest BCUT2D eigenvalue weighted by molar-refractivity contribution is 0.486. The van der Waals surface area contributed by atoms with Gasteiger partial charge in [-0.15, -0.1) is 0 Å². The van der Waals surface area contributed by atoms with E-state index in [2.05, 4.69) is 65.2 Å². The first-order chi connectivity index (χ1) is 13.9. The van der Waals surface area contributed by atoms with Gasteiger partial charge in [0.05, 0.1) is 5.52 Å². The van der Waals surface area contributed by atoms with Gasteiger partial charge in [-0.2, -0.15) is 0 Å².